The first-order chi connectivity index (χ1) is 18.0. The number of unbranched alkanes of at least 4 members (excludes halogenated alkanes) is 3. The number of hydrogen-bond donors (Lipinski definition) is 1. The average Bonchev–Trinajstić information content (AvgIpc) is 3.54. The second-order valence-corrected chi connectivity index (χ2v) is 10.1. The molecule has 1 spiro atoms. The molecular formula is C29H38N2O6. The molecule has 2 bridgehead atoms. The molecule has 2 amide bonds. The lowest BCUT2D eigenvalue weighted by atomic mass is 9.70. The Morgan fingerprint density at radius 1 is 1.16 bits per heavy atom. The Labute approximate surface area is 218 Å². The van der Waals surface area contributed by atoms with Crippen LogP contribution in [0.15, 0.2) is 55.6 Å². The van der Waals surface area contributed by atoms with Gasteiger partial charge in [0, 0.05) is 26.2 Å². The van der Waals surface area contributed by atoms with Crippen molar-refractivity contribution in [2.45, 2.75) is 62.8 Å². The summed E-state index contributed by atoms with van der Waals surface area (Å²) in [7, 11) is 0. The second-order valence-electron chi connectivity index (χ2n) is 10.1. The van der Waals surface area contributed by atoms with Gasteiger partial charge >= 0.3 is 5.97 Å². The molecule has 3 fully saturated rings. The Morgan fingerprint density at radius 2 is 1.92 bits per heavy atom. The SMILES string of the molecule is C=CCOC(=O)[C@@H]1[C@@H]2CCC3(O2)C(C(=O)N(CC=C)Cc2ccccc2)N(CCCCCCO)C(=O)[C@H]13. The third-order valence-corrected chi connectivity index (χ3v) is 7.83. The van der Waals surface area contributed by atoms with Crippen molar-refractivity contribution < 1.29 is 29.0 Å². The fourth-order valence-electron chi connectivity index (χ4n) is 6.29. The summed E-state index contributed by atoms with van der Waals surface area (Å²) in [5.74, 6) is -2.32. The highest BCUT2D eigenvalue weighted by Gasteiger charge is 2.75. The molecule has 1 N–H and O–H groups in total. The van der Waals surface area contributed by atoms with Crippen LogP contribution in [0.1, 0.15) is 44.1 Å². The number of amides is 2. The standard InChI is InChI=1S/C29H38N2O6/c1-3-16-30(20-21-12-8-7-9-13-21)27(34)25-29-15-14-22(37-29)23(28(35)36-19-4-2)24(29)26(33)31(25)17-10-5-6-11-18-32/h3-4,7-9,12-13,22-25,32H,1-2,5-6,10-11,14-20H2/t22-,23+,24-,25?,29?/m0/s1. The van der Waals surface area contributed by atoms with Gasteiger partial charge in [-0.05, 0) is 31.2 Å². The van der Waals surface area contributed by atoms with Crippen molar-refractivity contribution in [1.29, 1.82) is 0 Å². The summed E-state index contributed by atoms with van der Waals surface area (Å²) in [5.41, 5.74) is -0.0631. The van der Waals surface area contributed by atoms with Crippen molar-refractivity contribution in [3.63, 3.8) is 0 Å². The van der Waals surface area contributed by atoms with Crippen LogP contribution in [0.3, 0.4) is 0 Å². The summed E-state index contributed by atoms with van der Waals surface area (Å²) in [4.78, 5) is 44.6. The van der Waals surface area contributed by atoms with Crippen LogP contribution in [-0.4, -0.2) is 76.7 Å². The van der Waals surface area contributed by atoms with Gasteiger partial charge in [0.1, 0.15) is 18.2 Å². The Morgan fingerprint density at radius 3 is 2.62 bits per heavy atom. The molecule has 5 atom stereocenters. The molecule has 3 heterocycles. The summed E-state index contributed by atoms with van der Waals surface area (Å²) in [6, 6.07) is 8.91. The van der Waals surface area contributed by atoms with E-state index in [0.717, 1.165) is 18.4 Å². The second kappa shape index (κ2) is 12.0. The van der Waals surface area contributed by atoms with Crippen LogP contribution in [-0.2, 0) is 30.4 Å². The number of fused-ring (bicyclic) bond motifs is 1. The third-order valence-electron chi connectivity index (χ3n) is 7.83. The predicted octanol–water partition coefficient (Wildman–Crippen LogP) is 2.86. The third kappa shape index (κ3) is 5.22. The molecule has 37 heavy (non-hydrogen) atoms. The molecule has 2 unspecified atom stereocenters. The van der Waals surface area contributed by atoms with Crippen molar-refractivity contribution in [2.24, 2.45) is 11.8 Å². The van der Waals surface area contributed by atoms with Crippen molar-refractivity contribution in [3.05, 3.63) is 61.2 Å². The Balaban J connectivity index is 1.64. The van der Waals surface area contributed by atoms with E-state index in [9.17, 15) is 14.4 Å². The maximum absolute atomic E-state index is 14.2. The fraction of sp³-hybridized carbons (Fsp3) is 0.552. The lowest BCUT2D eigenvalue weighted by Gasteiger charge is -2.37. The molecule has 200 valence electrons. The maximum atomic E-state index is 14.2. The molecule has 0 saturated carbocycles. The van der Waals surface area contributed by atoms with Gasteiger partial charge < -0.3 is 24.4 Å². The number of carbonyl (C=O) groups excluding carboxylic acids is 3. The highest BCUT2D eigenvalue weighted by Crippen LogP contribution is 2.58. The molecule has 8 nitrogen and oxygen atoms in total. The summed E-state index contributed by atoms with van der Waals surface area (Å²) in [5, 5.41) is 9.10. The maximum Gasteiger partial charge on any atom is 0.312 e. The van der Waals surface area contributed by atoms with E-state index < -0.39 is 35.6 Å². The van der Waals surface area contributed by atoms with Gasteiger partial charge in [0.05, 0.1) is 17.9 Å². The van der Waals surface area contributed by atoms with Crippen LogP contribution in [0.4, 0.5) is 0 Å². The first-order valence-electron chi connectivity index (χ1n) is 13.3. The predicted molar refractivity (Wildman–Crippen MR) is 138 cm³/mol. The first kappa shape index (κ1) is 27.1. The lowest BCUT2D eigenvalue weighted by molar-refractivity contribution is -0.154. The van der Waals surface area contributed by atoms with E-state index in [4.69, 9.17) is 14.6 Å². The van der Waals surface area contributed by atoms with Crippen molar-refractivity contribution in [1.82, 2.24) is 9.80 Å². The number of benzene rings is 1. The van der Waals surface area contributed by atoms with Crippen LogP contribution in [0, 0.1) is 11.8 Å². The number of hydrogen-bond acceptors (Lipinski definition) is 6. The molecule has 0 radical (unpaired) electrons. The fourth-order valence-corrected chi connectivity index (χ4v) is 6.29. The van der Waals surface area contributed by atoms with Crippen molar-refractivity contribution in [3.8, 4) is 0 Å². The van der Waals surface area contributed by atoms with E-state index in [0.29, 0.717) is 45.3 Å². The number of rotatable bonds is 14. The highest BCUT2D eigenvalue weighted by atomic mass is 16.6. The molecular weight excluding hydrogens is 472 g/mol. The summed E-state index contributed by atoms with van der Waals surface area (Å²) in [6.07, 6.45) is 6.98. The van der Waals surface area contributed by atoms with Gasteiger partial charge in [0.15, 0.2) is 0 Å². The summed E-state index contributed by atoms with van der Waals surface area (Å²) in [6.45, 7) is 8.76. The number of ether oxygens (including phenoxy) is 2. The summed E-state index contributed by atoms with van der Waals surface area (Å²) < 4.78 is 11.8. The average molecular weight is 511 g/mol. The molecule has 4 rings (SSSR count). The minimum absolute atomic E-state index is 0.0666. The Bertz CT molecular complexity index is 997. The van der Waals surface area contributed by atoms with Gasteiger partial charge in [-0.25, -0.2) is 0 Å². The quantitative estimate of drug-likeness (QED) is 0.235. The molecule has 0 aliphatic carbocycles. The topological polar surface area (TPSA) is 96.4 Å². The number of aliphatic hydroxyl groups is 1. The van der Waals surface area contributed by atoms with E-state index in [1.807, 2.05) is 30.3 Å². The molecule has 3 aliphatic rings. The molecule has 3 saturated heterocycles. The highest BCUT2D eigenvalue weighted by molar-refractivity contribution is 5.98. The van der Waals surface area contributed by atoms with E-state index in [1.54, 1.807) is 15.9 Å². The van der Waals surface area contributed by atoms with Crippen LogP contribution < -0.4 is 0 Å². The molecule has 0 aromatic heterocycles. The van der Waals surface area contributed by atoms with Gasteiger partial charge in [-0.2, -0.15) is 0 Å². The van der Waals surface area contributed by atoms with Gasteiger partial charge in [0.25, 0.3) is 0 Å². The largest absolute Gasteiger partial charge is 0.461 e. The van der Waals surface area contributed by atoms with Gasteiger partial charge in [-0.3, -0.25) is 14.4 Å². The lowest BCUT2D eigenvalue weighted by Crippen LogP contribution is -2.56. The number of aliphatic hydroxyl groups excluding tert-OH is 1. The van der Waals surface area contributed by atoms with Crippen LogP contribution >= 0.6 is 0 Å². The number of esters is 1. The zero-order valence-electron chi connectivity index (χ0n) is 21.4. The van der Waals surface area contributed by atoms with E-state index in [-0.39, 0.29) is 25.0 Å². The molecule has 8 heteroatoms. The minimum Gasteiger partial charge on any atom is -0.461 e. The zero-order chi connectivity index (χ0) is 26.4. The van der Waals surface area contributed by atoms with Crippen LogP contribution in [0.5, 0.6) is 0 Å². The van der Waals surface area contributed by atoms with Gasteiger partial charge in [0.2, 0.25) is 11.8 Å². The molecule has 1 aromatic rings. The van der Waals surface area contributed by atoms with Gasteiger partial charge in [-0.15, -0.1) is 6.58 Å². The first-order valence-corrected chi connectivity index (χ1v) is 13.3. The van der Waals surface area contributed by atoms with Crippen molar-refractivity contribution >= 4 is 17.8 Å². The molecule has 1 aromatic carbocycles. The smallest absolute Gasteiger partial charge is 0.312 e. The van der Waals surface area contributed by atoms with Crippen molar-refractivity contribution in [2.75, 3.05) is 26.3 Å². The number of carbonyl (C=O) groups is 3. The number of nitrogens with zero attached hydrogens (tertiary/aromatic N) is 2. The summed E-state index contributed by atoms with van der Waals surface area (Å²) >= 11 is 0. The normalized spacial score (nSPS) is 27.7. The zero-order valence-corrected chi connectivity index (χ0v) is 21.4. The van der Waals surface area contributed by atoms with E-state index in [1.165, 1.54) is 6.08 Å². The minimum atomic E-state index is -1.04. The van der Waals surface area contributed by atoms with Gasteiger partial charge in [-0.1, -0.05) is 61.9 Å². The monoisotopic (exact) mass is 510 g/mol. The molecule has 3 aliphatic heterocycles. The van der Waals surface area contributed by atoms with E-state index in [2.05, 4.69) is 13.2 Å². The Kier molecular flexibility index (Phi) is 8.82. The van der Waals surface area contributed by atoms with E-state index >= 15 is 0 Å². The van der Waals surface area contributed by atoms with Crippen LogP contribution in [0.25, 0.3) is 0 Å². The Hall–Kier alpha value is -2.97. The number of likely N-dealkylation sites (tertiary alicyclic amines) is 1. The van der Waals surface area contributed by atoms with Crippen LogP contribution in [0.2, 0.25) is 0 Å².